The molecule has 1 unspecified atom stereocenters. The third kappa shape index (κ3) is 4.44. The standard InChI is InChI=1S/C16H25N3O5S2/c1-13(18-3-7-23-8-4-18)12-17-16(20)15-14(2-11-25-15)26(21,22)19-5-9-24-10-6-19/h2,11,13H,3-10,12H2,1H3,(H,17,20). The number of nitrogens with one attached hydrogen (secondary N) is 1. The molecule has 1 aromatic heterocycles. The normalized spacial score (nSPS) is 21.4. The van der Waals surface area contributed by atoms with Gasteiger partial charge in [-0.15, -0.1) is 11.3 Å². The first-order chi connectivity index (χ1) is 12.5. The van der Waals surface area contributed by atoms with E-state index in [0.717, 1.165) is 24.4 Å². The minimum absolute atomic E-state index is 0.0842. The van der Waals surface area contributed by atoms with Gasteiger partial charge in [0.05, 0.1) is 26.4 Å². The molecule has 1 aromatic rings. The molecule has 0 saturated carbocycles. The van der Waals surface area contributed by atoms with Crippen molar-refractivity contribution in [2.75, 3.05) is 59.2 Å². The number of hydrogen-bond acceptors (Lipinski definition) is 7. The molecule has 2 aliphatic heterocycles. The number of carbonyl (C=O) groups excluding carboxylic acids is 1. The van der Waals surface area contributed by atoms with Gasteiger partial charge in [-0.25, -0.2) is 8.42 Å². The number of rotatable bonds is 6. The van der Waals surface area contributed by atoms with Gasteiger partial charge in [-0.2, -0.15) is 4.31 Å². The molecule has 10 heteroatoms. The Morgan fingerprint density at radius 1 is 1.19 bits per heavy atom. The van der Waals surface area contributed by atoms with Crippen molar-refractivity contribution in [3.63, 3.8) is 0 Å². The van der Waals surface area contributed by atoms with E-state index in [4.69, 9.17) is 9.47 Å². The van der Waals surface area contributed by atoms with Crippen LogP contribution in [0.15, 0.2) is 16.3 Å². The van der Waals surface area contributed by atoms with Crippen molar-refractivity contribution in [1.29, 1.82) is 0 Å². The Hall–Kier alpha value is -1.04. The maximum absolute atomic E-state index is 12.8. The van der Waals surface area contributed by atoms with Crippen LogP contribution in [-0.4, -0.2) is 88.7 Å². The summed E-state index contributed by atoms with van der Waals surface area (Å²) >= 11 is 1.15. The second-order valence-electron chi connectivity index (χ2n) is 6.34. The Kier molecular flexibility index (Phi) is 6.65. The van der Waals surface area contributed by atoms with Crippen molar-refractivity contribution in [1.82, 2.24) is 14.5 Å². The zero-order valence-corrected chi connectivity index (χ0v) is 16.5. The minimum Gasteiger partial charge on any atom is -0.379 e. The van der Waals surface area contributed by atoms with Crippen molar-refractivity contribution >= 4 is 27.3 Å². The zero-order valence-electron chi connectivity index (χ0n) is 14.8. The highest BCUT2D eigenvalue weighted by Crippen LogP contribution is 2.25. The lowest BCUT2D eigenvalue weighted by atomic mass is 10.2. The molecule has 0 radical (unpaired) electrons. The highest BCUT2D eigenvalue weighted by Gasteiger charge is 2.31. The Morgan fingerprint density at radius 3 is 2.46 bits per heavy atom. The van der Waals surface area contributed by atoms with E-state index in [1.54, 1.807) is 5.38 Å². The summed E-state index contributed by atoms with van der Waals surface area (Å²) < 4.78 is 37.6. The summed E-state index contributed by atoms with van der Waals surface area (Å²) in [6.07, 6.45) is 0. The quantitative estimate of drug-likeness (QED) is 0.731. The zero-order chi connectivity index (χ0) is 18.6. The van der Waals surface area contributed by atoms with E-state index in [-0.39, 0.29) is 21.7 Å². The Morgan fingerprint density at radius 2 is 1.81 bits per heavy atom. The van der Waals surface area contributed by atoms with E-state index < -0.39 is 10.0 Å². The SMILES string of the molecule is CC(CNC(=O)c1sccc1S(=O)(=O)N1CCOCC1)N1CCOCC1. The molecule has 1 N–H and O–H groups in total. The molecule has 0 spiro atoms. The Bertz CT molecular complexity index is 709. The van der Waals surface area contributed by atoms with Crippen LogP contribution in [-0.2, 0) is 19.5 Å². The van der Waals surface area contributed by atoms with Crippen molar-refractivity contribution in [2.45, 2.75) is 17.9 Å². The molecule has 8 nitrogen and oxygen atoms in total. The summed E-state index contributed by atoms with van der Waals surface area (Å²) in [4.78, 5) is 15.2. The number of sulfonamides is 1. The number of hydrogen-bond donors (Lipinski definition) is 1. The van der Waals surface area contributed by atoms with Crippen LogP contribution in [0.1, 0.15) is 16.6 Å². The van der Waals surface area contributed by atoms with Crippen LogP contribution in [0.3, 0.4) is 0 Å². The van der Waals surface area contributed by atoms with Crippen LogP contribution in [0.5, 0.6) is 0 Å². The molecule has 0 bridgehead atoms. The van der Waals surface area contributed by atoms with Gasteiger partial charge in [0, 0.05) is 38.8 Å². The van der Waals surface area contributed by atoms with Gasteiger partial charge in [-0.3, -0.25) is 9.69 Å². The molecule has 1 amide bonds. The molecular weight excluding hydrogens is 378 g/mol. The molecule has 146 valence electrons. The lowest BCUT2D eigenvalue weighted by molar-refractivity contribution is 0.0204. The molecule has 3 rings (SSSR count). The van der Waals surface area contributed by atoms with Crippen LogP contribution in [0.2, 0.25) is 0 Å². The van der Waals surface area contributed by atoms with Crippen molar-refractivity contribution in [3.05, 3.63) is 16.3 Å². The van der Waals surface area contributed by atoms with Crippen LogP contribution in [0, 0.1) is 0 Å². The monoisotopic (exact) mass is 403 g/mol. The lowest BCUT2D eigenvalue weighted by Gasteiger charge is -2.32. The summed E-state index contributed by atoms with van der Waals surface area (Å²) in [7, 11) is -3.68. The molecule has 26 heavy (non-hydrogen) atoms. The number of ether oxygens (including phenoxy) is 2. The number of thiophene rings is 1. The van der Waals surface area contributed by atoms with Gasteiger partial charge in [0.15, 0.2) is 0 Å². The van der Waals surface area contributed by atoms with Gasteiger partial charge in [0.1, 0.15) is 9.77 Å². The Labute approximate surface area is 158 Å². The summed E-state index contributed by atoms with van der Waals surface area (Å²) in [6, 6.07) is 1.68. The van der Waals surface area contributed by atoms with E-state index in [0.29, 0.717) is 46.1 Å². The first-order valence-corrected chi connectivity index (χ1v) is 11.1. The molecule has 3 heterocycles. The summed E-state index contributed by atoms with van der Waals surface area (Å²) in [5.41, 5.74) is 0. The fraction of sp³-hybridized carbons (Fsp3) is 0.688. The van der Waals surface area contributed by atoms with Crippen LogP contribution < -0.4 is 5.32 Å². The Balaban J connectivity index is 1.64. The van der Waals surface area contributed by atoms with E-state index >= 15 is 0 Å². The van der Waals surface area contributed by atoms with E-state index in [1.807, 2.05) is 6.92 Å². The molecule has 0 aliphatic carbocycles. The van der Waals surface area contributed by atoms with E-state index in [9.17, 15) is 13.2 Å². The molecule has 2 fully saturated rings. The summed E-state index contributed by atoms with van der Waals surface area (Å²) in [6.45, 7) is 6.97. The first-order valence-electron chi connectivity index (χ1n) is 8.75. The van der Waals surface area contributed by atoms with Gasteiger partial charge in [-0.05, 0) is 18.4 Å². The predicted molar refractivity (Wildman–Crippen MR) is 98.1 cm³/mol. The largest absolute Gasteiger partial charge is 0.379 e. The van der Waals surface area contributed by atoms with Crippen molar-refractivity contribution in [3.8, 4) is 0 Å². The van der Waals surface area contributed by atoms with Crippen LogP contribution in [0.25, 0.3) is 0 Å². The van der Waals surface area contributed by atoms with Crippen LogP contribution in [0.4, 0.5) is 0 Å². The summed E-state index contributed by atoms with van der Waals surface area (Å²) in [5, 5.41) is 4.53. The van der Waals surface area contributed by atoms with E-state index in [1.165, 1.54) is 10.4 Å². The second-order valence-corrected chi connectivity index (χ2v) is 9.16. The molecule has 2 aliphatic rings. The molecule has 2 saturated heterocycles. The smallest absolute Gasteiger partial charge is 0.262 e. The third-order valence-electron chi connectivity index (χ3n) is 4.65. The van der Waals surface area contributed by atoms with E-state index in [2.05, 4.69) is 10.2 Å². The second kappa shape index (κ2) is 8.77. The maximum atomic E-state index is 12.8. The van der Waals surface area contributed by atoms with Gasteiger partial charge in [0.2, 0.25) is 10.0 Å². The van der Waals surface area contributed by atoms with Crippen LogP contribution >= 0.6 is 11.3 Å². The lowest BCUT2D eigenvalue weighted by Crippen LogP contribution is -2.47. The van der Waals surface area contributed by atoms with Crippen molar-refractivity contribution < 1.29 is 22.7 Å². The number of amides is 1. The highest BCUT2D eigenvalue weighted by atomic mass is 32.2. The molecule has 0 aromatic carbocycles. The van der Waals surface area contributed by atoms with Crippen molar-refractivity contribution in [2.24, 2.45) is 0 Å². The molecule has 1 atom stereocenters. The third-order valence-corrected chi connectivity index (χ3v) is 7.63. The van der Waals surface area contributed by atoms with Gasteiger partial charge < -0.3 is 14.8 Å². The maximum Gasteiger partial charge on any atom is 0.262 e. The van der Waals surface area contributed by atoms with Gasteiger partial charge >= 0.3 is 0 Å². The van der Waals surface area contributed by atoms with Gasteiger partial charge in [0.25, 0.3) is 5.91 Å². The first kappa shape index (κ1) is 19.7. The predicted octanol–water partition coefficient (Wildman–Crippen LogP) is 0.220. The highest BCUT2D eigenvalue weighted by molar-refractivity contribution is 7.89. The average molecular weight is 404 g/mol. The fourth-order valence-corrected chi connectivity index (χ4v) is 5.79. The fourth-order valence-electron chi connectivity index (χ4n) is 3.06. The molecular formula is C16H25N3O5S2. The number of morpholine rings is 2. The van der Waals surface area contributed by atoms with Gasteiger partial charge in [-0.1, -0.05) is 0 Å². The summed E-state index contributed by atoms with van der Waals surface area (Å²) in [5.74, 6) is -0.341. The average Bonchev–Trinajstić information content (AvgIpc) is 3.18. The minimum atomic E-state index is -3.68. The topological polar surface area (TPSA) is 88.2 Å². The number of nitrogens with zero attached hydrogens (tertiary/aromatic N) is 2. The number of carbonyl (C=O) groups is 1.